The normalized spacial score (nSPS) is 10.5. The van der Waals surface area contributed by atoms with Crippen LogP contribution < -0.4 is 15.4 Å². The number of non-ortho nitro benzene ring substituents is 1. The number of nitro benzene ring substituents is 1. The van der Waals surface area contributed by atoms with E-state index in [1.807, 2.05) is 0 Å². The molecule has 0 aliphatic heterocycles. The zero-order chi connectivity index (χ0) is 24.2. The second-order valence-electron chi connectivity index (χ2n) is 7.22. The van der Waals surface area contributed by atoms with E-state index < -0.39 is 16.7 Å². The predicted octanol–water partition coefficient (Wildman–Crippen LogP) is 5.27. The fourth-order valence-corrected chi connectivity index (χ4v) is 3.30. The maximum Gasteiger partial charge on any atom is 0.291 e. The SMILES string of the molecule is COc1cc(NC(=O)c2ccc(-c3ccc([N+](=O)[O-])cc3C)o2)ccc1NC(=O)c1ccco1. The molecule has 0 spiro atoms. The molecule has 0 fully saturated rings. The summed E-state index contributed by atoms with van der Waals surface area (Å²) in [4.78, 5) is 35.4. The van der Waals surface area contributed by atoms with Crippen molar-refractivity contribution in [2.24, 2.45) is 0 Å². The van der Waals surface area contributed by atoms with Crippen LogP contribution in [0.15, 0.2) is 75.8 Å². The summed E-state index contributed by atoms with van der Waals surface area (Å²) in [5.41, 5.74) is 2.08. The number of nitrogens with one attached hydrogen (secondary N) is 2. The van der Waals surface area contributed by atoms with Crippen LogP contribution in [-0.2, 0) is 0 Å². The van der Waals surface area contributed by atoms with E-state index in [1.165, 1.54) is 37.6 Å². The number of hydrogen-bond donors (Lipinski definition) is 2. The van der Waals surface area contributed by atoms with Crippen molar-refractivity contribution in [3.05, 3.63) is 94.1 Å². The summed E-state index contributed by atoms with van der Waals surface area (Å²) in [5.74, 6) is 0.00803. The third-order valence-corrected chi connectivity index (χ3v) is 4.97. The first-order valence-corrected chi connectivity index (χ1v) is 10.0. The van der Waals surface area contributed by atoms with Gasteiger partial charge in [-0.1, -0.05) is 0 Å². The Kier molecular flexibility index (Phi) is 6.13. The molecule has 0 saturated carbocycles. The quantitative estimate of drug-likeness (QED) is 0.282. The number of carbonyl (C=O) groups excluding carboxylic acids is 2. The van der Waals surface area contributed by atoms with Gasteiger partial charge < -0.3 is 24.2 Å². The molecule has 172 valence electrons. The zero-order valence-electron chi connectivity index (χ0n) is 18.2. The fraction of sp³-hybridized carbons (Fsp3) is 0.0833. The van der Waals surface area contributed by atoms with Crippen LogP contribution in [0.3, 0.4) is 0 Å². The number of ether oxygens (including phenoxy) is 1. The molecule has 0 unspecified atom stereocenters. The van der Waals surface area contributed by atoms with Crippen molar-refractivity contribution in [3.63, 3.8) is 0 Å². The van der Waals surface area contributed by atoms with E-state index in [0.717, 1.165) is 0 Å². The molecule has 10 nitrogen and oxygen atoms in total. The van der Waals surface area contributed by atoms with Gasteiger partial charge in [-0.15, -0.1) is 0 Å². The van der Waals surface area contributed by atoms with Crippen molar-refractivity contribution in [2.75, 3.05) is 17.7 Å². The maximum absolute atomic E-state index is 12.7. The van der Waals surface area contributed by atoms with Crippen LogP contribution in [0.5, 0.6) is 5.75 Å². The molecule has 2 N–H and O–H groups in total. The van der Waals surface area contributed by atoms with Crippen LogP contribution in [0.1, 0.15) is 26.7 Å². The highest BCUT2D eigenvalue weighted by Gasteiger charge is 2.17. The molecule has 0 radical (unpaired) electrons. The van der Waals surface area contributed by atoms with Crippen LogP contribution in [0, 0.1) is 17.0 Å². The van der Waals surface area contributed by atoms with Gasteiger partial charge in [-0.2, -0.15) is 0 Å². The van der Waals surface area contributed by atoms with E-state index in [1.54, 1.807) is 43.3 Å². The lowest BCUT2D eigenvalue weighted by Gasteiger charge is -2.12. The lowest BCUT2D eigenvalue weighted by Crippen LogP contribution is -2.13. The maximum atomic E-state index is 12.7. The highest BCUT2D eigenvalue weighted by Crippen LogP contribution is 2.31. The van der Waals surface area contributed by atoms with E-state index in [9.17, 15) is 19.7 Å². The number of nitrogens with zero attached hydrogens (tertiary/aromatic N) is 1. The van der Waals surface area contributed by atoms with Crippen LogP contribution in [-0.4, -0.2) is 23.8 Å². The van der Waals surface area contributed by atoms with Crippen LogP contribution in [0.2, 0.25) is 0 Å². The first-order valence-electron chi connectivity index (χ1n) is 10.0. The van der Waals surface area contributed by atoms with Crippen molar-refractivity contribution in [3.8, 4) is 17.1 Å². The fourth-order valence-electron chi connectivity index (χ4n) is 3.30. The summed E-state index contributed by atoms with van der Waals surface area (Å²) in [6, 6.07) is 15.4. The van der Waals surface area contributed by atoms with Crippen LogP contribution in [0.25, 0.3) is 11.3 Å². The Morgan fingerprint density at radius 2 is 1.76 bits per heavy atom. The van der Waals surface area contributed by atoms with Gasteiger partial charge in [-0.05, 0) is 55.0 Å². The Morgan fingerprint density at radius 1 is 0.971 bits per heavy atom. The Morgan fingerprint density at radius 3 is 2.44 bits per heavy atom. The first-order chi connectivity index (χ1) is 16.4. The van der Waals surface area contributed by atoms with Crippen molar-refractivity contribution in [2.45, 2.75) is 6.92 Å². The van der Waals surface area contributed by atoms with Gasteiger partial charge in [0.2, 0.25) is 0 Å². The number of aryl methyl sites for hydroxylation is 1. The topological polar surface area (TPSA) is 137 Å². The standard InChI is InChI=1S/C24H19N3O7/c1-14-12-16(27(30)31)6-7-17(14)19-9-10-21(34-19)24(29)25-15-5-8-18(22(13-15)32-2)26-23(28)20-4-3-11-33-20/h3-13H,1-2H3,(H,25,29)(H,26,28). The van der Waals surface area contributed by atoms with E-state index in [0.29, 0.717) is 34.0 Å². The molecule has 2 heterocycles. The van der Waals surface area contributed by atoms with Crippen molar-refractivity contribution < 1.29 is 28.1 Å². The summed E-state index contributed by atoms with van der Waals surface area (Å²) in [6.07, 6.45) is 1.40. The van der Waals surface area contributed by atoms with E-state index in [4.69, 9.17) is 13.6 Å². The van der Waals surface area contributed by atoms with Gasteiger partial charge in [-0.3, -0.25) is 19.7 Å². The van der Waals surface area contributed by atoms with Crippen molar-refractivity contribution in [1.82, 2.24) is 0 Å². The van der Waals surface area contributed by atoms with E-state index in [2.05, 4.69) is 10.6 Å². The molecule has 0 bridgehead atoms. The average molecular weight is 461 g/mol. The number of furan rings is 2. The van der Waals surface area contributed by atoms with Crippen LogP contribution >= 0.6 is 0 Å². The highest BCUT2D eigenvalue weighted by molar-refractivity contribution is 6.04. The molecule has 0 saturated heterocycles. The second-order valence-corrected chi connectivity index (χ2v) is 7.22. The summed E-state index contributed by atoms with van der Waals surface area (Å²) in [7, 11) is 1.44. The molecular formula is C24H19N3O7. The molecule has 2 amide bonds. The summed E-state index contributed by atoms with van der Waals surface area (Å²) in [6.45, 7) is 1.73. The lowest BCUT2D eigenvalue weighted by molar-refractivity contribution is -0.384. The monoisotopic (exact) mass is 461 g/mol. The second kappa shape index (κ2) is 9.33. The Bertz CT molecular complexity index is 1370. The number of methoxy groups -OCH3 is 1. The van der Waals surface area contributed by atoms with E-state index >= 15 is 0 Å². The molecule has 4 aromatic rings. The zero-order valence-corrected chi connectivity index (χ0v) is 18.2. The van der Waals surface area contributed by atoms with Gasteiger partial charge in [0.25, 0.3) is 17.5 Å². The molecule has 4 rings (SSSR count). The molecule has 2 aromatic carbocycles. The summed E-state index contributed by atoms with van der Waals surface area (Å²) >= 11 is 0. The molecule has 10 heteroatoms. The van der Waals surface area contributed by atoms with Crippen LogP contribution in [0.4, 0.5) is 17.1 Å². The van der Waals surface area contributed by atoms with Gasteiger partial charge in [-0.25, -0.2) is 0 Å². The molecular weight excluding hydrogens is 442 g/mol. The minimum Gasteiger partial charge on any atom is -0.494 e. The highest BCUT2D eigenvalue weighted by atomic mass is 16.6. The summed E-state index contributed by atoms with van der Waals surface area (Å²) < 4.78 is 16.1. The molecule has 0 aliphatic rings. The largest absolute Gasteiger partial charge is 0.494 e. The Hall–Kier alpha value is -4.86. The number of amides is 2. The lowest BCUT2D eigenvalue weighted by atomic mass is 10.1. The smallest absolute Gasteiger partial charge is 0.291 e. The molecule has 2 aromatic heterocycles. The Balaban J connectivity index is 1.48. The van der Waals surface area contributed by atoms with Gasteiger partial charge in [0, 0.05) is 29.4 Å². The molecule has 0 atom stereocenters. The predicted molar refractivity (Wildman–Crippen MR) is 123 cm³/mol. The van der Waals surface area contributed by atoms with Gasteiger partial charge in [0.1, 0.15) is 11.5 Å². The van der Waals surface area contributed by atoms with E-state index in [-0.39, 0.29) is 17.2 Å². The number of carbonyl (C=O) groups is 2. The van der Waals surface area contributed by atoms with Gasteiger partial charge in [0.15, 0.2) is 11.5 Å². The molecule has 0 aliphatic carbocycles. The minimum absolute atomic E-state index is 0.0245. The number of nitro groups is 1. The third kappa shape index (κ3) is 4.65. The van der Waals surface area contributed by atoms with Crippen molar-refractivity contribution >= 4 is 28.9 Å². The minimum atomic E-state index is -0.500. The van der Waals surface area contributed by atoms with Gasteiger partial charge in [0.05, 0.1) is 24.0 Å². The molecule has 34 heavy (non-hydrogen) atoms. The third-order valence-electron chi connectivity index (χ3n) is 4.97. The number of anilines is 2. The number of hydrogen-bond acceptors (Lipinski definition) is 7. The Labute approximate surface area is 193 Å². The average Bonchev–Trinajstić information content (AvgIpc) is 3.52. The number of benzene rings is 2. The summed E-state index contributed by atoms with van der Waals surface area (Å²) in [5, 5.41) is 16.3. The van der Waals surface area contributed by atoms with Crippen molar-refractivity contribution in [1.29, 1.82) is 0 Å². The first kappa shape index (κ1) is 22.3. The van der Waals surface area contributed by atoms with Gasteiger partial charge >= 0.3 is 0 Å². The number of rotatable bonds is 7.